The zero-order valence-electron chi connectivity index (χ0n) is 9.93. The van der Waals surface area contributed by atoms with Gasteiger partial charge in [-0.3, -0.25) is 4.79 Å². The minimum Gasteiger partial charge on any atom is -0.399 e. The van der Waals surface area contributed by atoms with Crippen molar-refractivity contribution < 1.29 is 17.9 Å². The van der Waals surface area contributed by atoms with E-state index in [4.69, 9.17) is 27.8 Å². The van der Waals surface area contributed by atoms with Crippen molar-refractivity contribution in [3.8, 4) is 0 Å². The predicted octanol–water partition coefficient (Wildman–Crippen LogP) is -0.298. The number of anilines is 1. The fraction of sp³-hybridized carbons (Fsp3) is 0.300. The van der Waals surface area contributed by atoms with Crippen LogP contribution in [-0.2, 0) is 19.6 Å². The average molecular weight is 308 g/mol. The van der Waals surface area contributed by atoms with E-state index in [2.05, 4.69) is 4.72 Å². The van der Waals surface area contributed by atoms with Gasteiger partial charge in [-0.05, 0) is 18.2 Å². The summed E-state index contributed by atoms with van der Waals surface area (Å²) in [6.45, 7) is -0.241. The number of nitrogen functional groups attached to an aromatic ring is 1. The fourth-order valence-electron chi connectivity index (χ4n) is 1.23. The Kier molecular flexibility index (Phi) is 5.55. The van der Waals surface area contributed by atoms with E-state index in [0.29, 0.717) is 5.69 Å². The Morgan fingerprint density at radius 3 is 2.68 bits per heavy atom. The molecule has 0 unspecified atom stereocenters. The summed E-state index contributed by atoms with van der Waals surface area (Å²) < 4.78 is 30.9. The molecule has 106 valence electrons. The molecule has 0 aromatic heterocycles. The highest BCUT2D eigenvalue weighted by molar-refractivity contribution is 7.89. The van der Waals surface area contributed by atoms with Crippen LogP contribution < -0.4 is 16.2 Å². The number of halogens is 1. The zero-order chi connectivity index (χ0) is 14.5. The second-order valence-electron chi connectivity index (χ2n) is 3.61. The summed E-state index contributed by atoms with van der Waals surface area (Å²) in [6, 6.07) is 4.09. The third-order valence-corrected chi connectivity index (χ3v) is 3.97. The number of carbonyl (C=O) groups is 1. The van der Waals surface area contributed by atoms with Gasteiger partial charge < -0.3 is 16.2 Å². The van der Waals surface area contributed by atoms with Crippen molar-refractivity contribution in [3.05, 3.63) is 23.2 Å². The summed E-state index contributed by atoms with van der Waals surface area (Å²) in [5, 5.41) is 0.0329. The molecule has 0 aliphatic carbocycles. The van der Waals surface area contributed by atoms with Crippen LogP contribution in [0.25, 0.3) is 0 Å². The van der Waals surface area contributed by atoms with E-state index < -0.39 is 15.9 Å². The number of benzene rings is 1. The van der Waals surface area contributed by atoms with Crippen LogP contribution in [0.1, 0.15) is 0 Å². The molecule has 0 radical (unpaired) electrons. The molecule has 1 aromatic carbocycles. The van der Waals surface area contributed by atoms with Gasteiger partial charge in [-0.15, -0.1) is 0 Å². The first-order chi connectivity index (χ1) is 8.83. The van der Waals surface area contributed by atoms with Crippen molar-refractivity contribution in [1.29, 1.82) is 0 Å². The fourth-order valence-corrected chi connectivity index (χ4v) is 2.80. The van der Waals surface area contributed by atoms with Crippen LogP contribution in [0.2, 0.25) is 5.02 Å². The van der Waals surface area contributed by atoms with Crippen molar-refractivity contribution in [2.24, 2.45) is 5.73 Å². The Morgan fingerprint density at radius 2 is 2.11 bits per heavy atom. The number of sulfonamides is 1. The Bertz CT molecular complexity index is 562. The van der Waals surface area contributed by atoms with Gasteiger partial charge in [0.2, 0.25) is 15.9 Å². The van der Waals surface area contributed by atoms with E-state index >= 15 is 0 Å². The van der Waals surface area contributed by atoms with Crippen molar-refractivity contribution >= 4 is 33.2 Å². The summed E-state index contributed by atoms with van der Waals surface area (Å²) in [7, 11) is -3.74. The number of primary amides is 1. The quantitative estimate of drug-likeness (QED) is 0.471. The van der Waals surface area contributed by atoms with Crippen molar-refractivity contribution in [3.63, 3.8) is 0 Å². The Labute approximate surface area is 115 Å². The molecule has 5 N–H and O–H groups in total. The molecule has 0 atom stereocenters. The van der Waals surface area contributed by atoms with Crippen LogP contribution >= 0.6 is 11.6 Å². The number of amides is 1. The topological polar surface area (TPSA) is 125 Å². The van der Waals surface area contributed by atoms with Gasteiger partial charge in [0.1, 0.15) is 11.5 Å². The van der Waals surface area contributed by atoms with Crippen LogP contribution in [0.3, 0.4) is 0 Å². The predicted molar refractivity (Wildman–Crippen MR) is 71.1 cm³/mol. The third-order valence-electron chi connectivity index (χ3n) is 2.03. The molecule has 0 saturated carbocycles. The normalized spacial score (nSPS) is 11.4. The first-order valence-corrected chi connectivity index (χ1v) is 7.10. The molecule has 1 aromatic rings. The lowest BCUT2D eigenvalue weighted by atomic mass is 10.3. The maximum atomic E-state index is 11.9. The summed E-state index contributed by atoms with van der Waals surface area (Å²) >= 11 is 5.80. The molecular formula is C10H14ClN3O4S. The van der Waals surface area contributed by atoms with Crippen LogP contribution in [0, 0.1) is 0 Å². The summed E-state index contributed by atoms with van der Waals surface area (Å²) in [5.74, 6) is -0.621. The van der Waals surface area contributed by atoms with Crippen LogP contribution in [0.15, 0.2) is 23.1 Å². The van der Waals surface area contributed by atoms with Crippen LogP contribution in [-0.4, -0.2) is 34.1 Å². The van der Waals surface area contributed by atoms with Crippen molar-refractivity contribution in [1.82, 2.24) is 4.72 Å². The molecule has 0 aliphatic rings. The zero-order valence-corrected chi connectivity index (χ0v) is 11.5. The highest BCUT2D eigenvalue weighted by atomic mass is 35.5. The van der Waals surface area contributed by atoms with Gasteiger partial charge in [0, 0.05) is 12.2 Å². The number of rotatable bonds is 7. The molecule has 1 rings (SSSR count). The van der Waals surface area contributed by atoms with E-state index in [1.807, 2.05) is 0 Å². The van der Waals surface area contributed by atoms with Gasteiger partial charge in [0.15, 0.2) is 0 Å². The molecule has 0 aliphatic heterocycles. The number of hydrogen-bond acceptors (Lipinski definition) is 5. The lowest BCUT2D eigenvalue weighted by Crippen LogP contribution is -2.29. The monoisotopic (exact) mass is 307 g/mol. The first kappa shape index (κ1) is 15.7. The molecule has 0 spiro atoms. The van der Waals surface area contributed by atoms with Gasteiger partial charge in [-0.1, -0.05) is 11.6 Å². The van der Waals surface area contributed by atoms with Crippen molar-refractivity contribution in [2.45, 2.75) is 4.90 Å². The molecular weight excluding hydrogens is 294 g/mol. The van der Waals surface area contributed by atoms with E-state index in [9.17, 15) is 13.2 Å². The molecule has 0 fully saturated rings. The second-order valence-corrected chi connectivity index (χ2v) is 5.75. The smallest absolute Gasteiger partial charge is 0.243 e. The average Bonchev–Trinajstić information content (AvgIpc) is 2.27. The maximum Gasteiger partial charge on any atom is 0.243 e. The summed E-state index contributed by atoms with van der Waals surface area (Å²) in [5.41, 5.74) is 10.7. The lowest BCUT2D eigenvalue weighted by Gasteiger charge is -2.08. The van der Waals surface area contributed by atoms with Gasteiger partial charge in [-0.2, -0.15) is 0 Å². The number of hydrogen-bond donors (Lipinski definition) is 3. The largest absolute Gasteiger partial charge is 0.399 e. The van der Waals surface area contributed by atoms with E-state index in [-0.39, 0.29) is 29.7 Å². The van der Waals surface area contributed by atoms with Gasteiger partial charge in [-0.25, -0.2) is 13.1 Å². The molecule has 0 saturated heterocycles. The lowest BCUT2D eigenvalue weighted by molar-refractivity contribution is -0.122. The Morgan fingerprint density at radius 1 is 1.42 bits per heavy atom. The molecule has 19 heavy (non-hydrogen) atoms. The molecule has 1 amide bonds. The van der Waals surface area contributed by atoms with Crippen molar-refractivity contribution in [2.75, 3.05) is 25.5 Å². The number of carbonyl (C=O) groups excluding carboxylic acids is 1. The third kappa shape index (κ3) is 5.03. The van der Waals surface area contributed by atoms with E-state index in [0.717, 1.165) is 0 Å². The number of nitrogens with one attached hydrogen (secondary N) is 1. The molecule has 9 heteroatoms. The van der Waals surface area contributed by atoms with Crippen LogP contribution in [0.5, 0.6) is 0 Å². The van der Waals surface area contributed by atoms with Crippen LogP contribution in [0.4, 0.5) is 5.69 Å². The standard InChI is InChI=1S/C10H14ClN3O4S/c11-8-5-7(12)1-2-9(8)19(16,17)14-3-4-18-6-10(13)15/h1-2,5,14H,3-4,6,12H2,(H2,13,15). The highest BCUT2D eigenvalue weighted by Crippen LogP contribution is 2.23. The number of nitrogens with two attached hydrogens (primary N) is 2. The Balaban J connectivity index is 2.59. The Hall–Kier alpha value is -1.35. The number of ether oxygens (including phenoxy) is 1. The minimum atomic E-state index is -3.74. The second kappa shape index (κ2) is 6.71. The SMILES string of the molecule is NC(=O)COCCNS(=O)(=O)c1ccc(N)cc1Cl. The molecule has 0 bridgehead atoms. The molecule has 0 heterocycles. The van der Waals surface area contributed by atoms with E-state index in [1.54, 1.807) is 0 Å². The molecule has 7 nitrogen and oxygen atoms in total. The summed E-state index contributed by atoms with van der Waals surface area (Å²) in [6.07, 6.45) is 0. The minimum absolute atomic E-state index is 0.00365. The highest BCUT2D eigenvalue weighted by Gasteiger charge is 2.17. The van der Waals surface area contributed by atoms with Gasteiger partial charge in [0.05, 0.1) is 11.6 Å². The van der Waals surface area contributed by atoms with Gasteiger partial charge >= 0.3 is 0 Å². The van der Waals surface area contributed by atoms with E-state index in [1.165, 1.54) is 18.2 Å². The first-order valence-electron chi connectivity index (χ1n) is 5.23. The maximum absolute atomic E-state index is 11.9. The summed E-state index contributed by atoms with van der Waals surface area (Å²) in [4.78, 5) is 10.3. The van der Waals surface area contributed by atoms with Gasteiger partial charge in [0.25, 0.3) is 0 Å².